The van der Waals surface area contributed by atoms with Crippen molar-refractivity contribution in [2.45, 2.75) is 38.3 Å². The number of likely N-dealkylation sites (tertiary alicyclic amines) is 1. The number of thiazole rings is 1. The number of benzene rings is 3. The average Bonchev–Trinajstić information content (AvgIpc) is 3.63. The topological polar surface area (TPSA) is 85.8 Å². The van der Waals surface area contributed by atoms with Crippen LogP contribution >= 0.6 is 11.3 Å². The first kappa shape index (κ1) is 28.0. The normalized spacial score (nSPS) is 16.5. The number of rotatable bonds is 7. The first-order chi connectivity index (χ1) is 20.3. The number of carbonyl (C=O) groups excluding carboxylic acids is 2. The van der Waals surface area contributed by atoms with Crippen LogP contribution in [0.5, 0.6) is 5.75 Å². The first-order valence-electron chi connectivity index (χ1n) is 14.0. The smallest absolute Gasteiger partial charge is 0.255 e. The monoisotopic (exact) mass is 588 g/mol. The molecule has 0 radical (unpaired) electrons. The summed E-state index contributed by atoms with van der Waals surface area (Å²) in [5.41, 5.74) is 2.74. The molecule has 4 aromatic rings. The summed E-state index contributed by atoms with van der Waals surface area (Å²) in [6.45, 7) is 5.17. The van der Waals surface area contributed by atoms with Crippen LogP contribution in [0.4, 0.5) is 13.9 Å². The zero-order valence-electron chi connectivity index (χ0n) is 23.0. The van der Waals surface area contributed by atoms with Crippen molar-refractivity contribution >= 4 is 28.3 Å². The number of fused-ring (bicyclic) bond motifs is 1. The van der Waals surface area contributed by atoms with E-state index in [4.69, 9.17) is 0 Å². The molecule has 10 heteroatoms. The number of piperidine rings is 1. The van der Waals surface area contributed by atoms with Crippen molar-refractivity contribution < 1.29 is 23.5 Å². The molecule has 1 fully saturated rings. The largest absolute Gasteiger partial charge is 0.508 e. The van der Waals surface area contributed by atoms with Gasteiger partial charge in [0.1, 0.15) is 23.4 Å². The second kappa shape index (κ2) is 11.6. The van der Waals surface area contributed by atoms with Gasteiger partial charge < -0.3 is 14.9 Å². The van der Waals surface area contributed by atoms with E-state index in [2.05, 4.69) is 34.3 Å². The molecule has 216 valence electrons. The van der Waals surface area contributed by atoms with Crippen molar-refractivity contribution in [3.63, 3.8) is 0 Å². The molecule has 6 rings (SSSR count). The SMILES string of the molecule is CCN1CCC(c2ccc(-c3cc(F)c4c(c3)C(=O)N(C(C(=O)Nc3nccs3)c3cc(F)ccc3O)C4)cc2)CC1. The van der Waals surface area contributed by atoms with Crippen LogP contribution < -0.4 is 5.32 Å². The summed E-state index contributed by atoms with van der Waals surface area (Å²) < 4.78 is 29.8. The van der Waals surface area contributed by atoms with Crippen molar-refractivity contribution in [2.24, 2.45) is 0 Å². The van der Waals surface area contributed by atoms with Crippen molar-refractivity contribution in [1.82, 2.24) is 14.8 Å². The van der Waals surface area contributed by atoms with Crippen LogP contribution in [0.25, 0.3) is 11.1 Å². The van der Waals surface area contributed by atoms with Gasteiger partial charge in [0.25, 0.3) is 11.8 Å². The Kier molecular flexibility index (Phi) is 7.74. The molecule has 3 aromatic carbocycles. The standard InChI is InChI=1S/C32H30F2N4O3S/c1-2-37-12-9-21(10-13-37)19-3-5-20(6-4-19)22-15-24-26(27(34)16-22)18-38(31(24)41)29(25-17-23(33)7-8-28(25)39)30(40)36-32-35-11-14-42-32/h3-8,11,14-17,21,29,39H,2,9-10,12-13,18H2,1H3,(H,35,36,40). The number of phenols is 1. The first-order valence-corrected chi connectivity index (χ1v) is 14.8. The minimum absolute atomic E-state index is 0.105. The molecule has 42 heavy (non-hydrogen) atoms. The fraction of sp³-hybridized carbons (Fsp3) is 0.281. The number of hydrogen-bond donors (Lipinski definition) is 2. The van der Waals surface area contributed by atoms with E-state index in [-0.39, 0.29) is 34.1 Å². The molecule has 1 aromatic heterocycles. The highest BCUT2D eigenvalue weighted by atomic mass is 32.1. The van der Waals surface area contributed by atoms with Gasteiger partial charge in [-0.3, -0.25) is 14.9 Å². The molecule has 0 saturated carbocycles. The molecular weight excluding hydrogens is 558 g/mol. The lowest BCUT2D eigenvalue weighted by Crippen LogP contribution is -2.37. The quantitative estimate of drug-likeness (QED) is 0.264. The Morgan fingerprint density at radius 2 is 1.86 bits per heavy atom. The van der Waals surface area contributed by atoms with Crippen LogP contribution in [0.2, 0.25) is 0 Å². The number of carbonyl (C=O) groups is 2. The Morgan fingerprint density at radius 3 is 2.55 bits per heavy atom. The second-order valence-corrected chi connectivity index (χ2v) is 11.6. The maximum absolute atomic E-state index is 15.5. The van der Waals surface area contributed by atoms with Gasteiger partial charge in [0.05, 0.1) is 6.54 Å². The fourth-order valence-corrected chi connectivity index (χ4v) is 6.48. The molecule has 0 bridgehead atoms. The Hall–Kier alpha value is -4.15. The van der Waals surface area contributed by atoms with Crippen LogP contribution in [0.3, 0.4) is 0 Å². The van der Waals surface area contributed by atoms with Gasteiger partial charge in [-0.2, -0.15) is 0 Å². The molecule has 0 aliphatic carbocycles. The third-order valence-electron chi connectivity index (χ3n) is 8.27. The summed E-state index contributed by atoms with van der Waals surface area (Å²) in [7, 11) is 0. The Bertz CT molecular complexity index is 1620. The average molecular weight is 589 g/mol. The minimum atomic E-state index is -1.43. The molecule has 2 aliphatic heterocycles. The highest BCUT2D eigenvalue weighted by molar-refractivity contribution is 7.13. The van der Waals surface area contributed by atoms with E-state index in [1.54, 1.807) is 11.4 Å². The Balaban J connectivity index is 1.29. The summed E-state index contributed by atoms with van der Waals surface area (Å²) in [6.07, 6.45) is 3.70. The van der Waals surface area contributed by atoms with Crippen LogP contribution in [0.15, 0.2) is 66.2 Å². The minimum Gasteiger partial charge on any atom is -0.508 e. The van der Waals surface area contributed by atoms with Crippen molar-refractivity contribution in [3.8, 4) is 16.9 Å². The maximum atomic E-state index is 15.5. The number of halogens is 2. The number of hydrogen-bond acceptors (Lipinski definition) is 6. The number of phenolic OH excluding ortho intramolecular Hbond substituents is 1. The molecule has 1 atom stereocenters. The van der Waals surface area contributed by atoms with Gasteiger partial charge in [-0.15, -0.1) is 11.3 Å². The lowest BCUT2D eigenvalue weighted by atomic mass is 9.88. The summed E-state index contributed by atoms with van der Waals surface area (Å²) in [6, 6.07) is 12.9. The van der Waals surface area contributed by atoms with E-state index in [0.29, 0.717) is 11.5 Å². The predicted octanol–water partition coefficient (Wildman–Crippen LogP) is 6.33. The van der Waals surface area contributed by atoms with E-state index >= 15 is 4.39 Å². The predicted molar refractivity (Wildman–Crippen MR) is 157 cm³/mol. The zero-order chi connectivity index (χ0) is 29.4. The van der Waals surface area contributed by atoms with Crippen LogP contribution in [-0.4, -0.2) is 51.3 Å². The summed E-state index contributed by atoms with van der Waals surface area (Å²) in [5.74, 6) is -2.42. The Morgan fingerprint density at radius 1 is 1.10 bits per heavy atom. The second-order valence-electron chi connectivity index (χ2n) is 10.7. The highest BCUT2D eigenvalue weighted by Gasteiger charge is 2.40. The van der Waals surface area contributed by atoms with E-state index in [1.807, 2.05) is 12.1 Å². The number of anilines is 1. The number of aromatic hydroxyl groups is 1. The summed E-state index contributed by atoms with van der Waals surface area (Å²) in [4.78, 5) is 34.9. The number of nitrogens with zero attached hydrogens (tertiary/aromatic N) is 3. The zero-order valence-corrected chi connectivity index (χ0v) is 23.8. The van der Waals surface area contributed by atoms with Crippen molar-refractivity contribution in [1.29, 1.82) is 0 Å². The van der Waals surface area contributed by atoms with Gasteiger partial charge in [-0.05, 0) is 85.4 Å². The lowest BCUT2D eigenvalue weighted by molar-refractivity contribution is -0.120. The lowest BCUT2D eigenvalue weighted by Gasteiger charge is -2.31. The van der Waals surface area contributed by atoms with Gasteiger partial charge in [0.15, 0.2) is 5.13 Å². The molecule has 1 unspecified atom stereocenters. The summed E-state index contributed by atoms with van der Waals surface area (Å²) in [5, 5.41) is 15.1. The van der Waals surface area contributed by atoms with Crippen LogP contribution in [0.1, 0.15) is 58.8 Å². The number of amides is 2. The van der Waals surface area contributed by atoms with E-state index in [0.717, 1.165) is 61.1 Å². The van der Waals surface area contributed by atoms with E-state index in [1.165, 1.54) is 29.2 Å². The van der Waals surface area contributed by atoms with Gasteiger partial charge in [0, 0.05) is 28.3 Å². The number of nitrogens with one attached hydrogen (secondary N) is 1. The van der Waals surface area contributed by atoms with Gasteiger partial charge in [-0.1, -0.05) is 31.2 Å². The van der Waals surface area contributed by atoms with Gasteiger partial charge in [-0.25, -0.2) is 13.8 Å². The van der Waals surface area contributed by atoms with Gasteiger partial charge >= 0.3 is 0 Å². The van der Waals surface area contributed by atoms with Crippen molar-refractivity contribution in [2.75, 3.05) is 25.0 Å². The Labute approximate surface area is 246 Å². The molecular formula is C32H30F2N4O3S. The third-order valence-corrected chi connectivity index (χ3v) is 8.96. The van der Waals surface area contributed by atoms with Crippen LogP contribution in [0, 0.1) is 11.6 Å². The fourth-order valence-electron chi connectivity index (χ4n) is 5.94. The molecule has 0 spiro atoms. The highest BCUT2D eigenvalue weighted by Crippen LogP contribution is 2.39. The number of aromatic nitrogens is 1. The molecule has 2 aliphatic rings. The molecule has 3 heterocycles. The third kappa shape index (κ3) is 5.39. The molecule has 1 saturated heterocycles. The maximum Gasteiger partial charge on any atom is 0.255 e. The van der Waals surface area contributed by atoms with E-state index in [9.17, 15) is 19.1 Å². The van der Waals surface area contributed by atoms with Crippen molar-refractivity contribution in [3.05, 3.63) is 100 Å². The molecule has 2 amide bonds. The van der Waals surface area contributed by atoms with Gasteiger partial charge in [0.2, 0.25) is 0 Å². The van der Waals surface area contributed by atoms with E-state index < -0.39 is 29.5 Å². The molecule has 7 nitrogen and oxygen atoms in total. The molecule has 2 N–H and O–H groups in total. The summed E-state index contributed by atoms with van der Waals surface area (Å²) >= 11 is 1.17. The van der Waals surface area contributed by atoms with Crippen LogP contribution in [-0.2, 0) is 11.3 Å².